The first-order chi connectivity index (χ1) is 4.43. The van der Waals surface area contributed by atoms with Gasteiger partial charge in [-0.2, -0.15) is 0 Å². The molecule has 1 fully saturated rings. The molecule has 1 aliphatic heterocycles. The molecule has 0 aromatic heterocycles. The largest absolute Gasteiger partial charge is 0.381 e. The van der Waals surface area contributed by atoms with E-state index in [1.54, 1.807) is 0 Å². The fourth-order valence-corrected chi connectivity index (χ4v) is 1.50. The molecule has 0 atom stereocenters. The van der Waals surface area contributed by atoms with Crippen molar-refractivity contribution in [1.82, 2.24) is 0 Å². The molecule has 0 aromatic rings. The molecule has 1 aliphatic rings. The third-order valence-electron chi connectivity index (χ3n) is 1.86. The van der Waals surface area contributed by atoms with E-state index in [1.165, 1.54) is 19.3 Å². The van der Waals surface area contributed by atoms with Crippen molar-refractivity contribution in [3.8, 4) is 0 Å². The van der Waals surface area contributed by atoms with Gasteiger partial charge < -0.3 is 4.74 Å². The molecule has 0 saturated carbocycles. The monoisotopic (exact) mass is 148 g/mol. The molecule has 0 bridgehead atoms. The Morgan fingerprint density at radius 2 is 2.00 bits per heavy atom. The van der Waals surface area contributed by atoms with Crippen molar-refractivity contribution in [3.05, 3.63) is 0 Å². The van der Waals surface area contributed by atoms with Crippen molar-refractivity contribution in [2.45, 2.75) is 19.3 Å². The van der Waals surface area contributed by atoms with Crippen LogP contribution in [0.15, 0.2) is 0 Å². The number of ether oxygens (including phenoxy) is 1. The van der Waals surface area contributed by atoms with E-state index in [1.807, 2.05) is 0 Å². The van der Waals surface area contributed by atoms with Gasteiger partial charge in [0.15, 0.2) is 0 Å². The van der Waals surface area contributed by atoms with Crippen LogP contribution in [0, 0.1) is 5.92 Å². The van der Waals surface area contributed by atoms with Crippen molar-refractivity contribution in [1.29, 1.82) is 0 Å². The molecule has 1 rings (SSSR count). The Morgan fingerprint density at radius 1 is 1.33 bits per heavy atom. The minimum absolute atomic E-state index is 0.810. The van der Waals surface area contributed by atoms with E-state index in [2.05, 4.69) is 0 Å². The fourth-order valence-electron chi connectivity index (χ4n) is 1.19. The predicted molar refractivity (Wildman–Crippen MR) is 38.9 cm³/mol. The summed E-state index contributed by atoms with van der Waals surface area (Å²) in [5.41, 5.74) is 0. The second-order valence-electron chi connectivity index (χ2n) is 2.53. The van der Waals surface area contributed by atoms with Gasteiger partial charge in [0.1, 0.15) is 0 Å². The second-order valence-corrected chi connectivity index (χ2v) is 2.91. The van der Waals surface area contributed by atoms with Gasteiger partial charge in [-0.1, -0.05) is 0 Å². The van der Waals surface area contributed by atoms with Crippen LogP contribution in [-0.4, -0.2) is 19.1 Å². The van der Waals surface area contributed by atoms with Crippen LogP contribution in [0.5, 0.6) is 0 Å². The minimum Gasteiger partial charge on any atom is -0.381 e. The maximum Gasteiger partial charge on any atom is 0.0468 e. The van der Waals surface area contributed by atoms with E-state index in [0.29, 0.717) is 0 Å². The quantitative estimate of drug-likeness (QED) is 0.545. The fraction of sp³-hybridized carbons (Fsp3) is 1.00. The summed E-state index contributed by atoms with van der Waals surface area (Å²) >= 11 is 5.59. The summed E-state index contributed by atoms with van der Waals surface area (Å²) in [6.45, 7) is 1.89. The van der Waals surface area contributed by atoms with Gasteiger partial charge >= 0.3 is 0 Å². The Morgan fingerprint density at radius 3 is 2.56 bits per heavy atom. The molecule has 0 unspecified atom stereocenters. The first kappa shape index (κ1) is 7.36. The van der Waals surface area contributed by atoms with Gasteiger partial charge in [0, 0.05) is 19.1 Å². The summed E-state index contributed by atoms with van der Waals surface area (Å²) in [5, 5.41) is 0. The smallest absolute Gasteiger partial charge is 0.0468 e. The lowest BCUT2D eigenvalue weighted by molar-refractivity contribution is 0.0656. The van der Waals surface area contributed by atoms with Crippen molar-refractivity contribution in [3.63, 3.8) is 0 Å². The minimum atomic E-state index is 0.810. The summed E-state index contributed by atoms with van der Waals surface area (Å²) in [6.07, 6.45) is 3.60. The molecule has 0 N–H and O–H groups in total. The van der Waals surface area contributed by atoms with E-state index >= 15 is 0 Å². The zero-order valence-corrected chi connectivity index (χ0v) is 6.36. The number of rotatable bonds is 2. The lowest BCUT2D eigenvalue weighted by Gasteiger charge is -2.20. The van der Waals surface area contributed by atoms with Gasteiger partial charge in [-0.05, 0) is 25.2 Å². The normalized spacial score (nSPS) is 22.3. The molecule has 1 heterocycles. The van der Waals surface area contributed by atoms with Crippen molar-refractivity contribution >= 4 is 11.6 Å². The molecule has 0 amide bonds. The maximum absolute atomic E-state index is 5.59. The van der Waals surface area contributed by atoms with Crippen molar-refractivity contribution in [2.75, 3.05) is 19.1 Å². The zero-order chi connectivity index (χ0) is 6.53. The predicted octanol–water partition coefficient (Wildman–Crippen LogP) is 2.04. The van der Waals surface area contributed by atoms with Crippen molar-refractivity contribution in [2.24, 2.45) is 5.92 Å². The van der Waals surface area contributed by atoms with E-state index in [-0.39, 0.29) is 0 Å². The highest BCUT2D eigenvalue weighted by Crippen LogP contribution is 2.18. The summed E-state index contributed by atoms with van der Waals surface area (Å²) in [6, 6.07) is 0. The van der Waals surface area contributed by atoms with Crippen LogP contribution in [0.1, 0.15) is 19.3 Å². The molecular weight excluding hydrogens is 136 g/mol. The summed E-state index contributed by atoms with van der Waals surface area (Å²) in [4.78, 5) is 0. The first-order valence-electron chi connectivity index (χ1n) is 3.57. The number of hydrogen-bond donors (Lipinski definition) is 0. The third kappa shape index (κ3) is 2.55. The summed E-state index contributed by atoms with van der Waals surface area (Å²) in [5.74, 6) is 1.65. The van der Waals surface area contributed by atoms with Gasteiger partial charge in [-0.15, -0.1) is 11.6 Å². The second kappa shape index (κ2) is 4.13. The molecule has 0 radical (unpaired) electrons. The maximum atomic E-state index is 5.59. The molecule has 2 heteroatoms. The highest BCUT2D eigenvalue weighted by atomic mass is 35.5. The van der Waals surface area contributed by atoms with Crippen LogP contribution < -0.4 is 0 Å². The third-order valence-corrected chi connectivity index (χ3v) is 2.08. The Labute approximate surface area is 61.3 Å². The highest BCUT2D eigenvalue weighted by molar-refractivity contribution is 6.17. The Balaban J connectivity index is 2.08. The molecular formula is C7H13ClO. The summed E-state index contributed by atoms with van der Waals surface area (Å²) < 4.78 is 5.20. The van der Waals surface area contributed by atoms with E-state index in [9.17, 15) is 0 Å². The lowest BCUT2D eigenvalue weighted by Crippen LogP contribution is -2.15. The number of halogens is 1. The van der Waals surface area contributed by atoms with Gasteiger partial charge in [0.25, 0.3) is 0 Å². The van der Waals surface area contributed by atoms with Crippen LogP contribution in [0.2, 0.25) is 0 Å². The van der Waals surface area contributed by atoms with Crippen molar-refractivity contribution < 1.29 is 4.74 Å². The topological polar surface area (TPSA) is 9.23 Å². The first-order valence-corrected chi connectivity index (χ1v) is 4.10. The van der Waals surface area contributed by atoms with E-state index in [0.717, 1.165) is 25.0 Å². The van der Waals surface area contributed by atoms with Crippen LogP contribution >= 0.6 is 11.6 Å². The molecule has 1 saturated heterocycles. The van der Waals surface area contributed by atoms with Crippen LogP contribution in [0.25, 0.3) is 0 Å². The molecule has 9 heavy (non-hydrogen) atoms. The molecule has 54 valence electrons. The van der Waals surface area contributed by atoms with E-state index < -0.39 is 0 Å². The van der Waals surface area contributed by atoms with Gasteiger partial charge in [0.2, 0.25) is 0 Å². The van der Waals surface area contributed by atoms with Gasteiger partial charge in [-0.3, -0.25) is 0 Å². The Kier molecular flexibility index (Phi) is 3.37. The molecule has 0 aliphatic carbocycles. The van der Waals surface area contributed by atoms with Gasteiger partial charge in [-0.25, -0.2) is 0 Å². The number of alkyl halides is 1. The van der Waals surface area contributed by atoms with E-state index in [4.69, 9.17) is 16.3 Å². The van der Waals surface area contributed by atoms with Crippen LogP contribution in [0.4, 0.5) is 0 Å². The molecule has 1 nitrogen and oxygen atoms in total. The van der Waals surface area contributed by atoms with Crippen LogP contribution in [0.3, 0.4) is 0 Å². The lowest BCUT2D eigenvalue weighted by atomic mass is 9.98. The average Bonchev–Trinajstić information content (AvgIpc) is 1.91. The Bertz CT molecular complexity index is 66.6. The molecule has 0 aromatic carbocycles. The highest BCUT2D eigenvalue weighted by Gasteiger charge is 2.11. The molecule has 0 spiro atoms. The van der Waals surface area contributed by atoms with Crippen LogP contribution in [-0.2, 0) is 4.74 Å². The standard InChI is InChI=1S/C7H13ClO/c8-4-1-7-2-5-9-6-3-7/h7H,1-6H2. The number of hydrogen-bond acceptors (Lipinski definition) is 1. The Hall–Kier alpha value is 0.250. The zero-order valence-electron chi connectivity index (χ0n) is 5.61. The SMILES string of the molecule is ClCCC1CCOCC1. The summed E-state index contributed by atoms with van der Waals surface area (Å²) in [7, 11) is 0. The average molecular weight is 149 g/mol. The van der Waals surface area contributed by atoms with Gasteiger partial charge in [0.05, 0.1) is 0 Å².